The molecule has 0 aliphatic heterocycles. The Hall–Kier alpha value is -1.71. The molecule has 3 N–H and O–H groups in total. The number of hydrogen-bond donors (Lipinski definition) is 2. The molecule has 2 rings (SSSR count). The van der Waals surface area contributed by atoms with Crippen LogP contribution in [0.15, 0.2) is 24.3 Å². The molecule has 0 unspecified atom stereocenters. The highest BCUT2D eigenvalue weighted by Gasteiger charge is 2.28. The maximum absolute atomic E-state index is 11.8. The van der Waals surface area contributed by atoms with Crippen molar-refractivity contribution in [2.24, 2.45) is 0 Å². The summed E-state index contributed by atoms with van der Waals surface area (Å²) in [7, 11) is 0. The lowest BCUT2D eigenvalue weighted by Crippen LogP contribution is -2.37. The minimum Gasteiger partial charge on any atom is -0.444 e. The lowest BCUT2D eigenvalue weighted by Gasteiger charge is -2.21. The molecular weight excluding hydrogens is 252 g/mol. The van der Waals surface area contributed by atoms with E-state index in [1.807, 2.05) is 32.9 Å². The molecule has 1 aromatic carbocycles. The third-order valence-electron chi connectivity index (χ3n) is 3.56. The molecule has 1 aliphatic carbocycles. The van der Waals surface area contributed by atoms with Gasteiger partial charge in [-0.05, 0) is 63.6 Å². The van der Waals surface area contributed by atoms with Crippen molar-refractivity contribution in [3.8, 4) is 0 Å². The van der Waals surface area contributed by atoms with Crippen LogP contribution in [0.5, 0.6) is 0 Å². The predicted octanol–water partition coefficient (Wildman–Crippen LogP) is 3.43. The Morgan fingerprint density at radius 3 is 2.50 bits per heavy atom. The average Bonchev–Trinajstić information content (AvgIpc) is 2.75. The van der Waals surface area contributed by atoms with Gasteiger partial charge in [0.1, 0.15) is 5.60 Å². The smallest absolute Gasteiger partial charge is 0.407 e. The van der Waals surface area contributed by atoms with Crippen molar-refractivity contribution in [1.29, 1.82) is 0 Å². The molecule has 0 saturated heterocycles. The number of carbonyl (C=O) groups is 1. The Kier molecular flexibility index (Phi) is 4.21. The van der Waals surface area contributed by atoms with Gasteiger partial charge in [0, 0.05) is 11.7 Å². The second-order valence-corrected chi connectivity index (χ2v) is 6.52. The summed E-state index contributed by atoms with van der Waals surface area (Å²) in [6.07, 6.45) is 2.72. The molecule has 1 amide bonds. The fourth-order valence-electron chi connectivity index (χ4n) is 2.66. The lowest BCUT2D eigenvalue weighted by molar-refractivity contribution is 0.0505. The largest absolute Gasteiger partial charge is 0.444 e. The summed E-state index contributed by atoms with van der Waals surface area (Å²) in [6, 6.07) is 8.23. The number of nitrogens with one attached hydrogen (secondary N) is 1. The second-order valence-electron chi connectivity index (χ2n) is 6.52. The van der Waals surface area contributed by atoms with Crippen molar-refractivity contribution < 1.29 is 9.53 Å². The first-order valence-corrected chi connectivity index (χ1v) is 7.18. The molecule has 1 saturated carbocycles. The van der Waals surface area contributed by atoms with Gasteiger partial charge in [0.15, 0.2) is 0 Å². The molecule has 110 valence electrons. The normalized spacial score (nSPS) is 22.6. The Labute approximate surface area is 120 Å². The van der Waals surface area contributed by atoms with E-state index in [1.54, 1.807) is 0 Å². The predicted molar refractivity (Wildman–Crippen MR) is 80.6 cm³/mol. The van der Waals surface area contributed by atoms with Gasteiger partial charge in [-0.3, -0.25) is 0 Å². The highest BCUT2D eigenvalue weighted by molar-refractivity contribution is 5.68. The Balaban J connectivity index is 1.86. The first kappa shape index (κ1) is 14.7. The third-order valence-corrected chi connectivity index (χ3v) is 3.56. The van der Waals surface area contributed by atoms with Gasteiger partial charge < -0.3 is 15.8 Å². The van der Waals surface area contributed by atoms with Crippen LogP contribution in [0.4, 0.5) is 10.5 Å². The van der Waals surface area contributed by atoms with E-state index < -0.39 is 5.60 Å². The van der Waals surface area contributed by atoms with Crippen LogP contribution in [0.3, 0.4) is 0 Å². The van der Waals surface area contributed by atoms with E-state index in [4.69, 9.17) is 10.5 Å². The zero-order valence-electron chi connectivity index (χ0n) is 12.5. The summed E-state index contributed by atoms with van der Waals surface area (Å²) < 4.78 is 5.29. The number of nitrogen functional groups attached to an aromatic ring is 1. The molecule has 2 atom stereocenters. The summed E-state index contributed by atoms with van der Waals surface area (Å²) in [4.78, 5) is 11.8. The van der Waals surface area contributed by atoms with Crippen LogP contribution in [-0.4, -0.2) is 17.7 Å². The number of anilines is 1. The fourth-order valence-corrected chi connectivity index (χ4v) is 2.66. The monoisotopic (exact) mass is 276 g/mol. The molecule has 0 spiro atoms. The van der Waals surface area contributed by atoms with Crippen molar-refractivity contribution in [2.75, 3.05) is 5.73 Å². The summed E-state index contributed by atoms with van der Waals surface area (Å²) in [5, 5.41) is 2.96. The number of ether oxygens (including phenoxy) is 1. The Morgan fingerprint density at radius 2 is 1.90 bits per heavy atom. The topological polar surface area (TPSA) is 64.3 Å². The van der Waals surface area contributed by atoms with Gasteiger partial charge in [-0.1, -0.05) is 12.1 Å². The first-order valence-electron chi connectivity index (χ1n) is 7.18. The number of nitrogens with two attached hydrogens (primary N) is 1. The Morgan fingerprint density at radius 1 is 1.25 bits per heavy atom. The lowest BCUT2D eigenvalue weighted by atomic mass is 9.97. The number of benzene rings is 1. The number of hydrogen-bond acceptors (Lipinski definition) is 3. The first-order chi connectivity index (χ1) is 9.33. The van der Waals surface area contributed by atoms with Crippen LogP contribution >= 0.6 is 0 Å². The summed E-state index contributed by atoms with van der Waals surface area (Å²) in [5.41, 5.74) is 7.34. The second kappa shape index (κ2) is 5.73. The maximum atomic E-state index is 11.8. The zero-order valence-corrected chi connectivity index (χ0v) is 12.5. The minimum atomic E-state index is -0.445. The van der Waals surface area contributed by atoms with E-state index >= 15 is 0 Å². The van der Waals surface area contributed by atoms with Gasteiger partial charge in [0.2, 0.25) is 0 Å². The molecular formula is C16H24N2O2. The van der Waals surface area contributed by atoms with Crippen LogP contribution in [0.2, 0.25) is 0 Å². The number of carbonyl (C=O) groups excluding carboxylic acids is 1. The molecule has 20 heavy (non-hydrogen) atoms. The fraction of sp³-hybridized carbons (Fsp3) is 0.562. The van der Waals surface area contributed by atoms with Gasteiger partial charge >= 0.3 is 6.09 Å². The molecule has 1 aliphatic rings. The van der Waals surface area contributed by atoms with Gasteiger partial charge in [0.25, 0.3) is 0 Å². The van der Waals surface area contributed by atoms with Crippen LogP contribution in [0.1, 0.15) is 51.5 Å². The highest BCUT2D eigenvalue weighted by Crippen LogP contribution is 2.34. The average molecular weight is 276 g/mol. The minimum absolute atomic E-state index is 0.201. The zero-order chi connectivity index (χ0) is 14.8. The van der Waals surface area contributed by atoms with Gasteiger partial charge in [-0.15, -0.1) is 0 Å². The SMILES string of the molecule is CC(C)(C)OC(=O)N[C@H]1CC[C@@H](c2ccc(N)cc2)C1. The highest BCUT2D eigenvalue weighted by atomic mass is 16.6. The summed E-state index contributed by atoms with van der Waals surface area (Å²) in [5.74, 6) is 0.496. The van der Waals surface area contributed by atoms with Crippen LogP contribution in [0, 0.1) is 0 Å². The van der Waals surface area contributed by atoms with E-state index in [0.717, 1.165) is 24.9 Å². The standard InChI is InChI=1S/C16H24N2O2/c1-16(2,3)20-15(19)18-14-9-6-12(10-14)11-4-7-13(17)8-5-11/h4-5,7-8,12,14H,6,9-10,17H2,1-3H3,(H,18,19)/t12-,14+/m1/s1. The van der Waals surface area contributed by atoms with E-state index in [2.05, 4.69) is 17.4 Å². The number of rotatable bonds is 2. The van der Waals surface area contributed by atoms with Crippen LogP contribution in [0.25, 0.3) is 0 Å². The quantitative estimate of drug-likeness (QED) is 0.813. The molecule has 0 bridgehead atoms. The van der Waals surface area contributed by atoms with E-state index in [-0.39, 0.29) is 12.1 Å². The number of alkyl carbamates (subject to hydrolysis) is 1. The number of amides is 1. The van der Waals surface area contributed by atoms with Crippen molar-refractivity contribution in [2.45, 2.75) is 57.6 Å². The van der Waals surface area contributed by atoms with E-state index in [0.29, 0.717) is 5.92 Å². The Bertz CT molecular complexity index is 462. The van der Waals surface area contributed by atoms with Crippen molar-refractivity contribution >= 4 is 11.8 Å². The van der Waals surface area contributed by atoms with Crippen molar-refractivity contribution in [3.63, 3.8) is 0 Å². The summed E-state index contributed by atoms with van der Waals surface area (Å²) >= 11 is 0. The van der Waals surface area contributed by atoms with E-state index in [9.17, 15) is 4.79 Å². The molecule has 0 aromatic heterocycles. The molecule has 4 nitrogen and oxygen atoms in total. The van der Waals surface area contributed by atoms with Crippen molar-refractivity contribution in [3.05, 3.63) is 29.8 Å². The third kappa shape index (κ3) is 4.15. The van der Waals surface area contributed by atoms with Crippen molar-refractivity contribution in [1.82, 2.24) is 5.32 Å². The van der Waals surface area contributed by atoms with Gasteiger partial charge in [-0.2, -0.15) is 0 Å². The van der Waals surface area contributed by atoms with Crippen LogP contribution in [-0.2, 0) is 4.74 Å². The molecule has 1 aromatic rings. The van der Waals surface area contributed by atoms with Gasteiger partial charge in [0.05, 0.1) is 0 Å². The van der Waals surface area contributed by atoms with E-state index in [1.165, 1.54) is 5.56 Å². The molecule has 1 fully saturated rings. The molecule has 0 heterocycles. The van der Waals surface area contributed by atoms with Crippen LogP contribution < -0.4 is 11.1 Å². The molecule has 0 radical (unpaired) electrons. The maximum Gasteiger partial charge on any atom is 0.407 e. The van der Waals surface area contributed by atoms with Gasteiger partial charge in [-0.25, -0.2) is 4.79 Å². The summed E-state index contributed by atoms with van der Waals surface area (Å²) in [6.45, 7) is 5.62. The molecule has 4 heteroatoms.